The molecule has 2 aromatic rings. The molecule has 1 aliphatic heterocycles. The number of rotatable bonds is 4. The summed E-state index contributed by atoms with van der Waals surface area (Å²) in [6.45, 7) is 0. The number of benzene rings is 3. The number of carbonyl (C=O) groups excluding carboxylic acids is 1. The number of aromatic carboxylic acids is 1. The zero-order chi connectivity index (χ0) is 23.9. The monoisotopic (exact) mass is 445 g/mol. The normalized spacial score (nSPS) is 10.9. The Labute approximate surface area is 191 Å². The number of carboxylic acids is 1. The van der Waals surface area contributed by atoms with Crippen molar-refractivity contribution in [1.82, 2.24) is 4.58 Å². The Balaban J connectivity index is 2.19. The number of carboxylic acid groups (broad SMARTS) is 1. The molecule has 4 rings (SSSR count). The predicted molar refractivity (Wildman–Crippen MR) is 128 cm³/mol. The van der Waals surface area contributed by atoms with Crippen LogP contribution in [0.5, 0.6) is 0 Å². The third kappa shape index (κ3) is 3.93. The first-order valence-corrected chi connectivity index (χ1v) is 10.4. The SMILES string of the molecule is COC(=O)c1ccc(C(=O)O)c(-c2c3ccc(=[N+](C)C)cc-3oc3cc(N(C)C)ccc23)c1. The zero-order valence-electron chi connectivity index (χ0n) is 19.2. The second-order valence-electron chi connectivity index (χ2n) is 8.18. The molecule has 0 spiro atoms. The molecule has 0 radical (unpaired) electrons. The fourth-order valence-electron chi connectivity index (χ4n) is 3.90. The molecular weight excluding hydrogens is 420 g/mol. The van der Waals surface area contributed by atoms with Gasteiger partial charge in [0.2, 0.25) is 5.36 Å². The lowest BCUT2D eigenvalue weighted by molar-refractivity contribution is 0.0598. The van der Waals surface area contributed by atoms with Crippen molar-refractivity contribution in [3.8, 4) is 22.5 Å². The number of hydrogen-bond donors (Lipinski definition) is 1. The summed E-state index contributed by atoms with van der Waals surface area (Å²) in [7, 11) is 9.06. The Morgan fingerprint density at radius 2 is 1.73 bits per heavy atom. The summed E-state index contributed by atoms with van der Waals surface area (Å²) in [5.41, 5.74) is 3.77. The van der Waals surface area contributed by atoms with Crippen LogP contribution < -0.4 is 14.8 Å². The number of fused-ring (bicyclic) bond motifs is 2. The van der Waals surface area contributed by atoms with Crippen LogP contribution in [0.3, 0.4) is 0 Å². The summed E-state index contributed by atoms with van der Waals surface area (Å²) in [5, 5.41) is 11.6. The largest absolute Gasteiger partial charge is 0.478 e. The first-order chi connectivity index (χ1) is 15.7. The maximum Gasteiger partial charge on any atom is 0.337 e. The van der Waals surface area contributed by atoms with E-state index < -0.39 is 11.9 Å². The van der Waals surface area contributed by atoms with Crippen molar-refractivity contribution in [3.63, 3.8) is 0 Å². The molecule has 0 bridgehead atoms. The zero-order valence-corrected chi connectivity index (χ0v) is 19.2. The topological polar surface area (TPSA) is 83.0 Å². The molecule has 0 fully saturated rings. The summed E-state index contributed by atoms with van der Waals surface area (Å²) in [6.07, 6.45) is 0. The highest BCUT2D eigenvalue weighted by Crippen LogP contribution is 2.42. The molecule has 1 N–H and O–H groups in total. The van der Waals surface area contributed by atoms with Crippen molar-refractivity contribution in [2.24, 2.45) is 0 Å². The Bertz CT molecular complexity index is 1450. The van der Waals surface area contributed by atoms with Crippen molar-refractivity contribution < 1.29 is 23.8 Å². The van der Waals surface area contributed by atoms with Crippen molar-refractivity contribution in [2.75, 3.05) is 40.2 Å². The van der Waals surface area contributed by atoms with Gasteiger partial charge in [0, 0.05) is 48.4 Å². The Morgan fingerprint density at radius 1 is 0.970 bits per heavy atom. The van der Waals surface area contributed by atoms with E-state index in [0.717, 1.165) is 22.0 Å². The first kappa shape index (κ1) is 22.1. The minimum atomic E-state index is -1.08. The fraction of sp³-hybridized carbons (Fsp3) is 0.192. The second kappa shape index (κ2) is 8.43. The average molecular weight is 445 g/mol. The highest BCUT2D eigenvalue weighted by atomic mass is 16.5. The maximum absolute atomic E-state index is 12.2. The van der Waals surface area contributed by atoms with Crippen LogP contribution in [0.1, 0.15) is 20.7 Å². The minimum Gasteiger partial charge on any atom is -0.478 e. The third-order valence-corrected chi connectivity index (χ3v) is 5.66. The molecule has 0 unspecified atom stereocenters. The van der Waals surface area contributed by atoms with Crippen LogP contribution in [-0.4, -0.2) is 52.3 Å². The summed E-state index contributed by atoms with van der Waals surface area (Å²) < 4.78 is 13.1. The molecule has 1 heterocycles. The van der Waals surface area contributed by atoms with Crippen LogP contribution in [0.2, 0.25) is 0 Å². The molecule has 0 saturated heterocycles. The molecule has 1 aliphatic carbocycles. The molecule has 0 amide bonds. The molecule has 0 saturated carbocycles. The van der Waals surface area contributed by atoms with Crippen molar-refractivity contribution >= 4 is 28.6 Å². The summed E-state index contributed by atoms with van der Waals surface area (Å²) in [4.78, 5) is 26.4. The standard InChI is InChI=1S/C26H24N2O5/c1-27(2)16-7-10-19-22(13-16)33-23-14-17(28(3)4)8-11-20(23)24(19)21-12-15(26(31)32-5)6-9-18(21)25(29)30/h6-14H,1-5H3/p+1. The van der Waals surface area contributed by atoms with Gasteiger partial charge < -0.3 is 19.2 Å². The molecule has 0 aromatic heterocycles. The van der Waals surface area contributed by atoms with Gasteiger partial charge in [0.15, 0.2) is 0 Å². The first-order valence-electron chi connectivity index (χ1n) is 10.4. The average Bonchev–Trinajstić information content (AvgIpc) is 2.80. The van der Waals surface area contributed by atoms with E-state index in [-0.39, 0.29) is 11.1 Å². The lowest BCUT2D eigenvalue weighted by Crippen LogP contribution is -2.21. The van der Waals surface area contributed by atoms with Gasteiger partial charge in [0.05, 0.1) is 24.3 Å². The van der Waals surface area contributed by atoms with Gasteiger partial charge in [-0.1, -0.05) is 0 Å². The number of ether oxygens (including phenoxy) is 1. The van der Waals surface area contributed by atoms with Gasteiger partial charge in [-0.15, -0.1) is 0 Å². The molecule has 7 heteroatoms. The van der Waals surface area contributed by atoms with Crippen molar-refractivity contribution in [2.45, 2.75) is 0 Å². The van der Waals surface area contributed by atoms with Crippen LogP contribution in [0.25, 0.3) is 33.4 Å². The molecule has 33 heavy (non-hydrogen) atoms. The van der Waals surface area contributed by atoms with Crippen LogP contribution >= 0.6 is 0 Å². The molecule has 168 valence electrons. The highest BCUT2D eigenvalue weighted by Gasteiger charge is 2.23. The number of esters is 1. The van der Waals surface area contributed by atoms with Crippen LogP contribution in [-0.2, 0) is 4.74 Å². The number of anilines is 1. The Kier molecular flexibility index (Phi) is 5.64. The second-order valence-corrected chi connectivity index (χ2v) is 8.18. The molecule has 0 atom stereocenters. The number of carbonyl (C=O) groups is 2. The highest BCUT2D eigenvalue weighted by molar-refractivity contribution is 6.09. The van der Waals surface area contributed by atoms with E-state index in [1.165, 1.54) is 19.2 Å². The van der Waals surface area contributed by atoms with E-state index >= 15 is 0 Å². The maximum atomic E-state index is 12.2. The van der Waals surface area contributed by atoms with Gasteiger partial charge in [-0.25, -0.2) is 14.2 Å². The van der Waals surface area contributed by atoms with E-state index in [4.69, 9.17) is 9.15 Å². The van der Waals surface area contributed by atoms with Gasteiger partial charge >= 0.3 is 11.9 Å². The van der Waals surface area contributed by atoms with Gasteiger partial charge in [-0.05, 0) is 42.0 Å². The van der Waals surface area contributed by atoms with Crippen LogP contribution in [0.4, 0.5) is 5.69 Å². The van der Waals surface area contributed by atoms with Gasteiger partial charge in [-0.2, -0.15) is 0 Å². The van der Waals surface area contributed by atoms with Crippen molar-refractivity contribution in [3.05, 3.63) is 71.1 Å². The predicted octanol–water partition coefficient (Wildman–Crippen LogP) is 3.79. The minimum absolute atomic E-state index is 0.0878. The van der Waals surface area contributed by atoms with Gasteiger partial charge in [0.25, 0.3) is 0 Å². The summed E-state index contributed by atoms with van der Waals surface area (Å²) in [5.74, 6) is -1.01. The quantitative estimate of drug-likeness (QED) is 0.292. The third-order valence-electron chi connectivity index (χ3n) is 5.66. The molecule has 7 nitrogen and oxygen atoms in total. The van der Waals surface area contributed by atoms with Gasteiger partial charge in [0.1, 0.15) is 25.4 Å². The van der Waals surface area contributed by atoms with E-state index in [2.05, 4.69) is 0 Å². The fourth-order valence-corrected chi connectivity index (χ4v) is 3.90. The smallest absolute Gasteiger partial charge is 0.337 e. The summed E-state index contributed by atoms with van der Waals surface area (Å²) >= 11 is 0. The Morgan fingerprint density at radius 3 is 2.36 bits per heavy atom. The molecule has 2 aromatic carbocycles. The number of nitrogens with zero attached hydrogens (tertiary/aromatic N) is 2. The van der Waals surface area contributed by atoms with Crippen molar-refractivity contribution in [1.29, 1.82) is 0 Å². The lowest BCUT2D eigenvalue weighted by atomic mass is 9.89. The van der Waals surface area contributed by atoms with Gasteiger partial charge in [-0.3, -0.25) is 0 Å². The van der Waals surface area contributed by atoms with E-state index in [1.54, 1.807) is 6.07 Å². The molecule has 2 aliphatic rings. The number of methoxy groups -OCH3 is 1. The lowest BCUT2D eigenvalue weighted by Gasteiger charge is -2.19. The number of hydrogen-bond acceptors (Lipinski definition) is 5. The Hall–Kier alpha value is -4.13. The van der Waals surface area contributed by atoms with Crippen LogP contribution in [0.15, 0.2) is 59.0 Å². The van der Waals surface area contributed by atoms with E-state index in [1.807, 2.05) is 74.1 Å². The van der Waals surface area contributed by atoms with E-state index in [9.17, 15) is 14.7 Å². The molecular formula is C26H25N2O5+. The summed E-state index contributed by atoms with van der Waals surface area (Å²) in [6, 6.07) is 16.1. The van der Waals surface area contributed by atoms with E-state index in [0.29, 0.717) is 22.5 Å². The van der Waals surface area contributed by atoms with Crippen LogP contribution in [0, 0.1) is 0 Å².